The van der Waals surface area contributed by atoms with Crippen LogP contribution in [0.1, 0.15) is 16.8 Å². The van der Waals surface area contributed by atoms with Crippen molar-refractivity contribution in [3.05, 3.63) is 88.6 Å². The van der Waals surface area contributed by atoms with Gasteiger partial charge in [0.2, 0.25) is 0 Å². The molecule has 0 spiro atoms. The molecule has 1 aromatic heterocycles. The van der Waals surface area contributed by atoms with Crippen molar-refractivity contribution in [3.63, 3.8) is 0 Å². The summed E-state index contributed by atoms with van der Waals surface area (Å²) in [5.41, 5.74) is 5.09. The van der Waals surface area contributed by atoms with Crippen molar-refractivity contribution in [2.45, 2.75) is 13.2 Å². The third-order valence-electron chi connectivity index (χ3n) is 3.52. The van der Waals surface area contributed by atoms with E-state index in [1.165, 1.54) is 6.07 Å². The van der Waals surface area contributed by atoms with Gasteiger partial charge in [-0.25, -0.2) is 9.37 Å². The van der Waals surface area contributed by atoms with E-state index in [0.29, 0.717) is 17.9 Å². The third kappa shape index (κ3) is 4.20. The van der Waals surface area contributed by atoms with Crippen molar-refractivity contribution in [2.75, 3.05) is 0 Å². The summed E-state index contributed by atoms with van der Waals surface area (Å²) in [6.07, 6.45) is 0. The fourth-order valence-corrected chi connectivity index (χ4v) is 2.71. The third-order valence-corrected chi connectivity index (χ3v) is 4.11. The first-order valence-electron chi connectivity index (χ1n) is 7.49. The molecule has 3 aromatic rings. The number of ether oxygens (including phenoxy) is 1. The molecule has 1 N–H and O–H groups in total. The molecule has 0 fully saturated rings. The van der Waals surface area contributed by atoms with E-state index in [4.69, 9.17) is 4.74 Å². The maximum absolute atomic E-state index is 13.5. The molecule has 0 amide bonds. The van der Waals surface area contributed by atoms with E-state index in [1.54, 1.807) is 35.0 Å². The van der Waals surface area contributed by atoms with Gasteiger partial charge >= 0.3 is 0 Å². The van der Waals surface area contributed by atoms with Gasteiger partial charge in [-0.05, 0) is 23.8 Å². The Labute approximate surface area is 144 Å². The van der Waals surface area contributed by atoms with Crippen LogP contribution < -0.4 is 10.1 Å². The Hall–Kier alpha value is -2.66. The standard InChI is InChI=1S/C19H17FN2OS/c1-14(19-12-24-13-22-19)21-10-15-6-8-17(9-7-15)23-11-16-4-2-3-5-18(16)20/h2-9,12-13,21H,1,10-11H2. The minimum Gasteiger partial charge on any atom is -0.489 e. The second-order valence-corrected chi connectivity index (χ2v) is 5.95. The predicted octanol–water partition coefficient (Wildman–Crippen LogP) is 4.62. The monoisotopic (exact) mass is 340 g/mol. The van der Waals surface area contributed by atoms with Gasteiger partial charge in [0.05, 0.1) is 16.9 Å². The van der Waals surface area contributed by atoms with Crippen LogP contribution in [0.25, 0.3) is 5.70 Å². The van der Waals surface area contributed by atoms with Crippen molar-refractivity contribution in [2.24, 2.45) is 0 Å². The molecule has 0 aliphatic rings. The van der Waals surface area contributed by atoms with Gasteiger partial charge in [-0.15, -0.1) is 11.3 Å². The van der Waals surface area contributed by atoms with Crippen molar-refractivity contribution in [1.29, 1.82) is 0 Å². The van der Waals surface area contributed by atoms with E-state index < -0.39 is 0 Å². The first kappa shape index (κ1) is 16.2. The van der Waals surface area contributed by atoms with Crippen LogP contribution in [0.4, 0.5) is 4.39 Å². The number of benzene rings is 2. The number of hydrogen-bond donors (Lipinski definition) is 1. The smallest absolute Gasteiger partial charge is 0.129 e. The number of nitrogens with zero attached hydrogens (tertiary/aromatic N) is 1. The molecule has 2 aromatic carbocycles. The summed E-state index contributed by atoms with van der Waals surface area (Å²) in [6.45, 7) is 4.84. The minimum absolute atomic E-state index is 0.213. The average Bonchev–Trinajstić information content (AvgIpc) is 3.15. The zero-order valence-electron chi connectivity index (χ0n) is 13.0. The lowest BCUT2D eigenvalue weighted by Gasteiger charge is -2.10. The second kappa shape index (κ2) is 7.75. The highest BCUT2D eigenvalue weighted by atomic mass is 32.1. The van der Waals surface area contributed by atoms with Crippen LogP contribution >= 0.6 is 11.3 Å². The van der Waals surface area contributed by atoms with Crippen LogP contribution in [0.5, 0.6) is 5.75 Å². The van der Waals surface area contributed by atoms with Crippen molar-refractivity contribution in [1.82, 2.24) is 10.3 Å². The number of hydrogen-bond acceptors (Lipinski definition) is 4. The Kier molecular flexibility index (Phi) is 5.23. The number of rotatable bonds is 7. The molecule has 0 aliphatic heterocycles. The largest absolute Gasteiger partial charge is 0.489 e. The molecule has 24 heavy (non-hydrogen) atoms. The Morgan fingerprint density at radius 2 is 1.96 bits per heavy atom. The summed E-state index contributed by atoms with van der Waals surface area (Å²) in [5.74, 6) is 0.458. The van der Waals surface area contributed by atoms with Crippen molar-refractivity contribution in [3.8, 4) is 5.75 Å². The molecule has 0 bridgehead atoms. The van der Waals surface area contributed by atoms with Gasteiger partial charge in [0.1, 0.15) is 18.2 Å². The molecule has 0 saturated carbocycles. The summed E-state index contributed by atoms with van der Waals surface area (Å²) in [6, 6.07) is 14.3. The minimum atomic E-state index is -0.251. The van der Waals surface area contributed by atoms with Gasteiger partial charge in [-0.1, -0.05) is 36.9 Å². The summed E-state index contributed by atoms with van der Waals surface area (Å²) in [4.78, 5) is 4.21. The van der Waals surface area contributed by atoms with Crippen LogP contribution in [-0.2, 0) is 13.2 Å². The molecular weight excluding hydrogens is 323 g/mol. The second-order valence-electron chi connectivity index (χ2n) is 5.23. The summed E-state index contributed by atoms with van der Waals surface area (Å²) in [7, 11) is 0. The van der Waals surface area contributed by atoms with E-state index in [2.05, 4.69) is 16.9 Å². The molecule has 0 saturated heterocycles. The lowest BCUT2D eigenvalue weighted by molar-refractivity contribution is 0.300. The lowest BCUT2D eigenvalue weighted by atomic mass is 10.2. The van der Waals surface area contributed by atoms with Crippen LogP contribution in [0, 0.1) is 5.82 Å². The highest BCUT2D eigenvalue weighted by molar-refractivity contribution is 7.07. The number of aromatic nitrogens is 1. The average molecular weight is 340 g/mol. The SMILES string of the molecule is C=C(NCc1ccc(OCc2ccccc2F)cc1)c1cscn1. The van der Waals surface area contributed by atoms with Gasteiger partial charge in [0, 0.05) is 17.5 Å². The summed E-state index contributed by atoms with van der Waals surface area (Å²) >= 11 is 1.54. The fraction of sp³-hybridized carbons (Fsp3) is 0.105. The van der Waals surface area contributed by atoms with Gasteiger partial charge in [-0.3, -0.25) is 0 Å². The molecule has 0 aliphatic carbocycles. The number of nitrogens with one attached hydrogen (secondary N) is 1. The van der Waals surface area contributed by atoms with Crippen molar-refractivity contribution >= 4 is 17.0 Å². The van der Waals surface area contributed by atoms with Gasteiger partial charge in [0.15, 0.2) is 0 Å². The first-order chi connectivity index (χ1) is 11.7. The molecule has 0 unspecified atom stereocenters. The predicted molar refractivity (Wildman–Crippen MR) is 95.2 cm³/mol. The van der Waals surface area contributed by atoms with E-state index in [9.17, 15) is 4.39 Å². The van der Waals surface area contributed by atoms with E-state index in [1.807, 2.05) is 29.6 Å². The van der Waals surface area contributed by atoms with Crippen LogP contribution in [-0.4, -0.2) is 4.98 Å². The normalized spacial score (nSPS) is 10.4. The molecule has 5 heteroatoms. The number of halogens is 1. The highest BCUT2D eigenvalue weighted by Crippen LogP contribution is 2.16. The fourth-order valence-electron chi connectivity index (χ4n) is 2.14. The molecule has 122 valence electrons. The Morgan fingerprint density at radius 3 is 2.67 bits per heavy atom. The zero-order chi connectivity index (χ0) is 16.8. The van der Waals surface area contributed by atoms with Gasteiger partial charge in [-0.2, -0.15) is 0 Å². The zero-order valence-corrected chi connectivity index (χ0v) is 13.9. The Morgan fingerprint density at radius 1 is 1.17 bits per heavy atom. The van der Waals surface area contributed by atoms with Gasteiger partial charge < -0.3 is 10.1 Å². The van der Waals surface area contributed by atoms with E-state index in [-0.39, 0.29) is 12.4 Å². The van der Waals surface area contributed by atoms with Crippen LogP contribution in [0.15, 0.2) is 66.0 Å². The molecule has 1 heterocycles. The topological polar surface area (TPSA) is 34.1 Å². The maximum Gasteiger partial charge on any atom is 0.129 e. The lowest BCUT2D eigenvalue weighted by Crippen LogP contribution is -2.11. The van der Waals surface area contributed by atoms with Crippen molar-refractivity contribution < 1.29 is 9.13 Å². The Balaban J connectivity index is 1.52. The van der Waals surface area contributed by atoms with Crippen LogP contribution in [0.3, 0.4) is 0 Å². The summed E-state index contributed by atoms with van der Waals surface area (Å²) in [5, 5.41) is 5.20. The number of thiazole rings is 1. The maximum atomic E-state index is 13.5. The van der Waals surface area contributed by atoms with Gasteiger partial charge in [0.25, 0.3) is 0 Å². The molecule has 3 nitrogen and oxygen atoms in total. The van der Waals surface area contributed by atoms with Crippen LogP contribution in [0.2, 0.25) is 0 Å². The Bertz CT molecular complexity index is 800. The molecule has 0 atom stereocenters. The highest BCUT2D eigenvalue weighted by Gasteiger charge is 2.03. The molecule has 0 radical (unpaired) electrons. The summed E-state index contributed by atoms with van der Waals surface area (Å²) < 4.78 is 19.2. The van der Waals surface area contributed by atoms with E-state index in [0.717, 1.165) is 17.0 Å². The quantitative estimate of drug-likeness (QED) is 0.681. The molecular formula is C19H17FN2OS. The first-order valence-corrected chi connectivity index (χ1v) is 8.43. The van der Waals surface area contributed by atoms with E-state index >= 15 is 0 Å². The molecule has 3 rings (SSSR count).